The lowest BCUT2D eigenvalue weighted by molar-refractivity contribution is -0.117. The quantitative estimate of drug-likeness (QED) is 0.786. The number of nitrogens with two attached hydrogens (primary N) is 1. The number of halogens is 1. The number of pyridine rings is 1. The van der Waals surface area contributed by atoms with E-state index in [1.54, 1.807) is 6.20 Å². The number of nitrogens with zero attached hydrogens (tertiary/aromatic N) is 1. The van der Waals surface area contributed by atoms with Crippen LogP contribution in [0.25, 0.3) is 0 Å². The van der Waals surface area contributed by atoms with E-state index in [0.29, 0.717) is 13.0 Å². The van der Waals surface area contributed by atoms with Gasteiger partial charge in [0.15, 0.2) is 0 Å². The topological polar surface area (TPSA) is 68.0 Å². The van der Waals surface area contributed by atoms with E-state index in [1.807, 2.05) is 56.3 Å². The Labute approximate surface area is 146 Å². The number of rotatable bonds is 6. The highest BCUT2D eigenvalue weighted by Gasteiger charge is 2.21. The minimum atomic E-state index is -0.290. The van der Waals surface area contributed by atoms with Crippen LogP contribution in [0.2, 0.25) is 0 Å². The molecule has 2 aromatic rings. The number of anilines is 1. The van der Waals surface area contributed by atoms with Crippen LogP contribution in [0.1, 0.15) is 38.3 Å². The van der Waals surface area contributed by atoms with Crippen molar-refractivity contribution in [1.29, 1.82) is 0 Å². The molecule has 0 radical (unpaired) electrons. The van der Waals surface area contributed by atoms with Gasteiger partial charge in [-0.25, -0.2) is 0 Å². The molecule has 2 rings (SSSR count). The summed E-state index contributed by atoms with van der Waals surface area (Å²) in [4.78, 5) is 16.8. The summed E-state index contributed by atoms with van der Waals surface area (Å²) < 4.78 is 0.896. The summed E-state index contributed by atoms with van der Waals surface area (Å²) in [5, 5.41) is 2.93. The van der Waals surface area contributed by atoms with Gasteiger partial charge in [0.25, 0.3) is 0 Å². The molecule has 4 nitrogen and oxygen atoms in total. The van der Waals surface area contributed by atoms with Crippen LogP contribution in [0.3, 0.4) is 0 Å². The molecule has 0 aliphatic heterocycles. The average Bonchev–Trinajstić information content (AvgIpc) is 2.59. The fraction of sp³-hybridized carbons (Fsp3) is 0.333. The second-order valence-electron chi connectivity index (χ2n) is 4.74. The predicted molar refractivity (Wildman–Crippen MR) is 99.4 cm³/mol. The fourth-order valence-corrected chi connectivity index (χ4v) is 2.31. The molecule has 0 saturated carbocycles. The molecule has 0 aliphatic carbocycles. The maximum atomic E-state index is 12.5. The molecule has 124 valence electrons. The number of hydrogen-bond acceptors (Lipinski definition) is 3. The first kappa shape index (κ1) is 19.3. The van der Waals surface area contributed by atoms with Gasteiger partial charge >= 0.3 is 0 Å². The molecular weight excluding hydrogens is 354 g/mol. The van der Waals surface area contributed by atoms with E-state index in [-0.39, 0.29) is 11.8 Å². The van der Waals surface area contributed by atoms with E-state index in [4.69, 9.17) is 5.73 Å². The lowest BCUT2D eigenvalue weighted by Crippen LogP contribution is -2.22. The van der Waals surface area contributed by atoms with Crippen LogP contribution in [0.4, 0.5) is 5.69 Å². The van der Waals surface area contributed by atoms with E-state index in [9.17, 15) is 4.79 Å². The van der Waals surface area contributed by atoms with Gasteiger partial charge < -0.3 is 11.1 Å². The Kier molecular flexibility index (Phi) is 9.17. The molecule has 0 spiro atoms. The normalized spacial score (nSPS) is 11.1. The number of aromatic nitrogens is 1. The number of para-hydroxylation sites is 1. The summed E-state index contributed by atoms with van der Waals surface area (Å²) in [7, 11) is 0. The number of carbonyl (C=O) groups is 1. The molecule has 1 amide bonds. The van der Waals surface area contributed by atoms with Gasteiger partial charge in [-0.2, -0.15) is 0 Å². The van der Waals surface area contributed by atoms with Crippen molar-refractivity contribution < 1.29 is 4.79 Å². The lowest BCUT2D eigenvalue weighted by atomic mass is 9.97. The standard InChI is InChI=1S/C16H18BrN3O.C2H6/c17-12-8-9-15(19-11-12)14(7-4-10-18)16(21)20-13-5-2-1-3-6-13;1-2/h1-3,5-6,8-9,11,14H,4,7,10,18H2,(H,20,21);1-2H3. The smallest absolute Gasteiger partial charge is 0.233 e. The first-order valence-electron chi connectivity index (χ1n) is 7.88. The van der Waals surface area contributed by atoms with E-state index in [1.165, 1.54) is 0 Å². The van der Waals surface area contributed by atoms with E-state index >= 15 is 0 Å². The molecule has 0 bridgehead atoms. The van der Waals surface area contributed by atoms with Gasteiger partial charge in [-0.3, -0.25) is 9.78 Å². The molecule has 1 unspecified atom stereocenters. The monoisotopic (exact) mass is 377 g/mol. The maximum absolute atomic E-state index is 12.5. The van der Waals surface area contributed by atoms with E-state index < -0.39 is 0 Å². The molecule has 1 heterocycles. The zero-order valence-electron chi connectivity index (χ0n) is 13.6. The molecule has 1 aromatic heterocycles. The SMILES string of the molecule is CC.NCCCC(C(=O)Nc1ccccc1)c1ccc(Br)cn1. The van der Waals surface area contributed by atoms with Crippen LogP contribution in [0, 0.1) is 0 Å². The Morgan fingerprint density at radius 2 is 1.91 bits per heavy atom. The Morgan fingerprint density at radius 3 is 2.48 bits per heavy atom. The first-order valence-corrected chi connectivity index (χ1v) is 8.67. The summed E-state index contributed by atoms with van der Waals surface area (Å²) in [5.41, 5.74) is 7.13. The van der Waals surface area contributed by atoms with Gasteiger partial charge in [-0.15, -0.1) is 0 Å². The third-order valence-corrected chi connectivity index (χ3v) is 3.63. The van der Waals surface area contributed by atoms with Crippen molar-refractivity contribution in [2.45, 2.75) is 32.6 Å². The summed E-state index contributed by atoms with van der Waals surface area (Å²) in [6.07, 6.45) is 3.18. The molecule has 0 aliphatic rings. The summed E-state index contributed by atoms with van der Waals surface area (Å²) in [6, 6.07) is 13.2. The van der Waals surface area contributed by atoms with Crippen LogP contribution >= 0.6 is 15.9 Å². The average molecular weight is 378 g/mol. The Hall–Kier alpha value is -1.72. The molecule has 1 atom stereocenters. The van der Waals surface area contributed by atoms with E-state index in [0.717, 1.165) is 22.3 Å². The van der Waals surface area contributed by atoms with Crippen molar-refractivity contribution in [3.8, 4) is 0 Å². The summed E-state index contributed by atoms with van der Waals surface area (Å²) in [6.45, 7) is 4.56. The Balaban J connectivity index is 0.00000127. The van der Waals surface area contributed by atoms with Crippen LogP contribution in [-0.2, 0) is 4.79 Å². The van der Waals surface area contributed by atoms with Crippen molar-refractivity contribution in [2.75, 3.05) is 11.9 Å². The fourth-order valence-electron chi connectivity index (χ4n) is 2.08. The largest absolute Gasteiger partial charge is 0.330 e. The van der Waals surface area contributed by atoms with Gasteiger partial charge in [0.05, 0.1) is 11.6 Å². The lowest BCUT2D eigenvalue weighted by Gasteiger charge is -2.16. The highest BCUT2D eigenvalue weighted by atomic mass is 79.9. The van der Waals surface area contributed by atoms with Crippen LogP contribution < -0.4 is 11.1 Å². The highest BCUT2D eigenvalue weighted by Crippen LogP contribution is 2.22. The van der Waals surface area contributed by atoms with E-state index in [2.05, 4.69) is 26.2 Å². The highest BCUT2D eigenvalue weighted by molar-refractivity contribution is 9.10. The van der Waals surface area contributed by atoms with Crippen molar-refractivity contribution in [3.63, 3.8) is 0 Å². The van der Waals surface area contributed by atoms with Gasteiger partial charge in [-0.05, 0) is 59.6 Å². The van der Waals surface area contributed by atoms with Crippen LogP contribution in [0.5, 0.6) is 0 Å². The number of nitrogens with one attached hydrogen (secondary N) is 1. The zero-order valence-corrected chi connectivity index (χ0v) is 15.2. The third-order valence-electron chi connectivity index (χ3n) is 3.16. The second kappa shape index (κ2) is 10.9. The minimum absolute atomic E-state index is 0.0514. The molecule has 23 heavy (non-hydrogen) atoms. The van der Waals surface area contributed by atoms with Crippen molar-refractivity contribution in [1.82, 2.24) is 4.98 Å². The molecule has 0 fully saturated rings. The number of amides is 1. The Morgan fingerprint density at radius 1 is 1.22 bits per heavy atom. The summed E-state index contributed by atoms with van der Waals surface area (Å²) in [5.74, 6) is -0.341. The van der Waals surface area contributed by atoms with Crippen molar-refractivity contribution >= 4 is 27.5 Å². The molecule has 1 aromatic carbocycles. The first-order chi connectivity index (χ1) is 11.2. The minimum Gasteiger partial charge on any atom is -0.330 e. The number of hydrogen-bond donors (Lipinski definition) is 2. The summed E-state index contributed by atoms with van der Waals surface area (Å²) >= 11 is 3.35. The second-order valence-corrected chi connectivity index (χ2v) is 5.66. The number of carbonyl (C=O) groups excluding carboxylic acids is 1. The van der Waals surface area contributed by atoms with Crippen LogP contribution in [0.15, 0.2) is 53.1 Å². The van der Waals surface area contributed by atoms with Gasteiger partial charge in [0.1, 0.15) is 0 Å². The van der Waals surface area contributed by atoms with Crippen molar-refractivity contribution in [3.05, 3.63) is 58.8 Å². The molecule has 0 saturated heterocycles. The molecule has 5 heteroatoms. The van der Waals surface area contributed by atoms with Gasteiger partial charge in [-0.1, -0.05) is 32.0 Å². The van der Waals surface area contributed by atoms with Crippen LogP contribution in [-0.4, -0.2) is 17.4 Å². The molecule has 3 N–H and O–H groups in total. The number of benzene rings is 1. The molecular formula is C18H24BrN3O. The zero-order chi connectivity index (χ0) is 17.1. The third kappa shape index (κ3) is 6.50. The van der Waals surface area contributed by atoms with Gasteiger partial charge in [0, 0.05) is 16.4 Å². The van der Waals surface area contributed by atoms with Gasteiger partial charge in [0.2, 0.25) is 5.91 Å². The predicted octanol–water partition coefficient (Wildman–Crippen LogP) is 4.33. The van der Waals surface area contributed by atoms with Crippen molar-refractivity contribution in [2.24, 2.45) is 5.73 Å². The maximum Gasteiger partial charge on any atom is 0.233 e. The Bertz CT molecular complexity index is 573.